The van der Waals surface area contributed by atoms with Gasteiger partial charge in [-0.05, 0) is 32.9 Å². The Morgan fingerprint density at radius 1 is 1.25 bits per heavy atom. The molecule has 16 heavy (non-hydrogen) atoms. The minimum absolute atomic E-state index is 0.0564. The maximum absolute atomic E-state index is 12.4. The monoisotopic (exact) mass is 242 g/mol. The molecule has 1 atom stereocenters. The van der Waals surface area contributed by atoms with Gasteiger partial charge in [0.05, 0.1) is 5.92 Å². The first-order chi connectivity index (χ1) is 7.41. The van der Waals surface area contributed by atoms with Crippen molar-refractivity contribution in [3.8, 4) is 0 Å². The number of rotatable bonds is 8. The molecule has 0 spiro atoms. The van der Waals surface area contributed by atoms with Crippen molar-refractivity contribution in [1.29, 1.82) is 0 Å². The Hall–Kier alpha value is -0.330. The number of aliphatic hydroxyl groups excluding tert-OH is 1. The number of alkyl halides is 3. The van der Waals surface area contributed by atoms with Crippen molar-refractivity contribution < 1.29 is 18.3 Å². The second kappa shape index (κ2) is 7.86. The second-order valence-electron chi connectivity index (χ2n) is 4.02. The Balaban J connectivity index is 3.79. The van der Waals surface area contributed by atoms with Crippen molar-refractivity contribution in [3.05, 3.63) is 0 Å². The molecule has 0 saturated heterocycles. The van der Waals surface area contributed by atoms with Crippen LogP contribution in [0.25, 0.3) is 0 Å². The van der Waals surface area contributed by atoms with Gasteiger partial charge in [-0.15, -0.1) is 0 Å². The number of hydrogen-bond acceptors (Lipinski definition) is 3. The predicted molar refractivity (Wildman–Crippen MR) is 57.0 cm³/mol. The van der Waals surface area contributed by atoms with Gasteiger partial charge in [0.1, 0.15) is 0 Å². The van der Waals surface area contributed by atoms with Gasteiger partial charge in [0.2, 0.25) is 0 Å². The van der Waals surface area contributed by atoms with E-state index in [0.717, 1.165) is 12.8 Å². The zero-order valence-electron chi connectivity index (χ0n) is 9.63. The quantitative estimate of drug-likeness (QED) is 0.629. The summed E-state index contributed by atoms with van der Waals surface area (Å²) in [5, 5.41) is 8.54. The average Bonchev–Trinajstić information content (AvgIpc) is 2.19. The minimum atomic E-state index is -4.21. The van der Waals surface area contributed by atoms with Crippen molar-refractivity contribution >= 4 is 0 Å². The van der Waals surface area contributed by atoms with Crippen LogP contribution in [0.3, 0.4) is 0 Å². The highest BCUT2D eigenvalue weighted by molar-refractivity contribution is 4.71. The van der Waals surface area contributed by atoms with Gasteiger partial charge in [0.25, 0.3) is 0 Å². The average molecular weight is 242 g/mol. The first-order valence-electron chi connectivity index (χ1n) is 5.48. The number of hydrogen-bond donors (Lipinski definition) is 2. The summed E-state index contributed by atoms with van der Waals surface area (Å²) in [5.41, 5.74) is 5.10. The lowest BCUT2D eigenvalue weighted by molar-refractivity contribution is -0.175. The number of unbranched alkanes of at least 4 members (excludes halogenated alkanes) is 2. The molecule has 98 valence electrons. The Morgan fingerprint density at radius 3 is 2.31 bits per heavy atom. The van der Waals surface area contributed by atoms with Gasteiger partial charge in [0.15, 0.2) is 0 Å². The summed E-state index contributed by atoms with van der Waals surface area (Å²) in [6.45, 7) is 0.313. The van der Waals surface area contributed by atoms with Gasteiger partial charge in [-0.3, -0.25) is 0 Å². The van der Waals surface area contributed by atoms with E-state index in [2.05, 4.69) is 0 Å². The van der Waals surface area contributed by atoms with Gasteiger partial charge in [-0.25, -0.2) is 0 Å². The Morgan fingerprint density at radius 2 is 1.88 bits per heavy atom. The summed E-state index contributed by atoms with van der Waals surface area (Å²) in [7, 11) is 1.66. The van der Waals surface area contributed by atoms with E-state index >= 15 is 0 Å². The van der Waals surface area contributed by atoms with Crippen LogP contribution in [0.2, 0.25) is 0 Å². The number of nitrogens with zero attached hydrogens (tertiary/aromatic N) is 1. The molecule has 0 bridgehead atoms. The molecular formula is C10H21F3N2O. The number of aliphatic hydroxyl groups is 1. The highest BCUT2D eigenvalue weighted by Crippen LogP contribution is 2.25. The minimum Gasteiger partial charge on any atom is -0.396 e. The molecule has 1 unspecified atom stereocenters. The van der Waals surface area contributed by atoms with Crippen molar-refractivity contribution in [2.45, 2.75) is 25.4 Å². The molecule has 0 aromatic carbocycles. The van der Waals surface area contributed by atoms with Crippen molar-refractivity contribution in [1.82, 2.24) is 4.90 Å². The maximum Gasteiger partial charge on any atom is 0.394 e. The first kappa shape index (κ1) is 15.7. The predicted octanol–water partition coefficient (Wildman–Crippen LogP) is 1.22. The fourth-order valence-corrected chi connectivity index (χ4v) is 1.45. The normalized spacial score (nSPS) is 14.4. The van der Waals surface area contributed by atoms with E-state index in [-0.39, 0.29) is 19.7 Å². The van der Waals surface area contributed by atoms with Gasteiger partial charge in [0, 0.05) is 19.7 Å². The standard InChI is InChI=1S/C10H21F3N2O/c1-15(5-3-2-4-6-16)8-9(7-14)10(11,12)13/h9,16H,2-8,14H2,1H3. The molecule has 0 rings (SSSR count). The van der Waals surface area contributed by atoms with Crippen molar-refractivity contribution in [3.63, 3.8) is 0 Å². The summed E-state index contributed by atoms with van der Waals surface area (Å²) in [4.78, 5) is 1.64. The molecule has 3 nitrogen and oxygen atoms in total. The van der Waals surface area contributed by atoms with Gasteiger partial charge in [-0.1, -0.05) is 0 Å². The van der Waals surface area contributed by atoms with E-state index in [1.54, 1.807) is 11.9 Å². The molecule has 0 aromatic rings. The Kier molecular flexibility index (Phi) is 7.70. The molecule has 0 heterocycles. The van der Waals surface area contributed by atoms with Crippen LogP contribution in [-0.2, 0) is 0 Å². The highest BCUT2D eigenvalue weighted by atomic mass is 19.4. The molecule has 0 aromatic heterocycles. The third-order valence-electron chi connectivity index (χ3n) is 2.48. The van der Waals surface area contributed by atoms with E-state index in [1.165, 1.54) is 0 Å². The van der Waals surface area contributed by atoms with Gasteiger partial charge in [-0.2, -0.15) is 13.2 Å². The topological polar surface area (TPSA) is 49.5 Å². The van der Waals surface area contributed by atoms with E-state index in [9.17, 15) is 13.2 Å². The molecule has 0 aliphatic heterocycles. The molecule has 0 radical (unpaired) electrons. The first-order valence-corrected chi connectivity index (χ1v) is 5.48. The van der Waals surface area contributed by atoms with Crippen LogP contribution < -0.4 is 5.73 Å². The molecule has 0 aliphatic carbocycles. The SMILES string of the molecule is CN(CCCCCO)CC(CN)C(F)(F)F. The molecule has 0 aliphatic rings. The maximum atomic E-state index is 12.4. The Bertz CT molecular complexity index is 176. The van der Waals surface area contributed by atoms with E-state index in [0.29, 0.717) is 13.0 Å². The zero-order chi connectivity index (χ0) is 12.6. The lowest BCUT2D eigenvalue weighted by atomic mass is 10.1. The van der Waals surface area contributed by atoms with Crippen LogP contribution in [0.4, 0.5) is 13.2 Å². The lowest BCUT2D eigenvalue weighted by Gasteiger charge is -2.24. The van der Waals surface area contributed by atoms with Gasteiger partial charge >= 0.3 is 6.18 Å². The third kappa shape index (κ3) is 7.03. The lowest BCUT2D eigenvalue weighted by Crippen LogP contribution is -2.39. The fourth-order valence-electron chi connectivity index (χ4n) is 1.45. The number of nitrogens with two attached hydrogens (primary N) is 1. The fraction of sp³-hybridized carbons (Fsp3) is 1.00. The zero-order valence-corrected chi connectivity index (χ0v) is 9.63. The highest BCUT2D eigenvalue weighted by Gasteiger charge is 2.38. The van der Waals surface area contributed by atoms with Gasteiger partial charge < -0.3 is 15.7 Å². The molecule has 0 saturated carbocycles. The van der Waals surface area contributed by atoms with Crippen LogP contribution in [0.5, 0.6) is 0 Å². The van der Waals surface area contributed by atoms with Crippen molar-refractivity contribution in [2.75, 3.05) is 33.3 Å². The molecule has 6 heteroatoms. The van der Waals surface area contributed by atoms with Crippen molar-refractivity contribution in [2.24, 2.45) is 11.7 Å². The molecule has 0 amide bonds. The molecule has 0 fully saturated rings. The van der Waals surface area contributed by atoms with E-state index < -0.39 is 12.1 Å². The summed E-state index contributed by atoms with van der Waals surface area (Å²) in [6, 6.07) is 0. The molecular weight excluding hydrogens is 221 g/mol. The smallest absolute Gasteiger partial charge is 0.394 e. The second-order valence-corrected chi connectivity index (χ2v) is 4.02. The van der Waals surface area contributed by atoms with E-state index in [4.69, 9.17) is 10.8 Å². The summed E-state index contributed by atoms with van der Waals surface area (Å²) < 4.78 is 37.2. The van der Waals surface area contributed by atoms with Crippen LogP contribution in [0, 0.1) is 5.92 Å². The van der Waals surface area contributed by atoms with Crippen LogP contribution in [-0.4, -0.2) is 49.5 Å². The summed E-state index contributed by atoms with van der Waals surface area (Å²) in [5.74, 6) is -1.45. The van der Waals surface area contributed by atoms with Crippen LogP contribution in [0.1, 0.15) is 19.3 Å². The Labute approximate surface area is 94.4 Å². The summed E-state index contributed by atoms with van der Waals surface area (Å²) >= 11 is 0. The summed E-state index contributed by atoms with van der Waals surface area (Å²) in [6.07, 6.45) is -1.88. The third-order valence-corrected chi connectivity index (χ3v) is 2.48. The number of halogens is 3. The largest absolute Gasteiger partial charge is 0.396 e. The van der Waals surface area contributed by atoms with Crippen LogP contribution in [0.15, 0.2) is 0 Å². The van der Waals surface area contributed by atoms with Crippen LogP contribution >= 0.6 is 0 Å². The molecule has 3 N–H and O–H groups in total. The van der Waals surface area contributed by atoms with E-state index in [1.807, 2.05) is 0 Å².